The van der Waals surface area contributed by atoms with Gasteiger partial charge in [0.05, 0.1) is 25.4 Å². The zero-order valence-corrected chi connectivity index (χ0v) is 58.3. The molecule has 0 saturated carbocycles. The average Bonchev–Trinajstić information content (AvgIpc) is 3.55. The lowest BCUT2D eigenvalue weighted by Crippen LogP contribution is -2.45. The van der Waals surface area contributed by atoms with Gasteiger partial charge in [-0.3, -0.25) is 9.59 Å². The van der Waals surface area contributed by atoms with E-state index in [1.54, 1.807) is 6.08 Å². The molecule has 0 aromatic rings. The molecule has 1 amide bonds. The lowest BCUT2D eigenvalue weighted by molar-refractivity contribution is -0.143. The quantitative estimate of drug-likeness (QED) is 0.0320. The van der Waals surface area contributed by atoms with Gasteiger partial charge in [-0.05, 0) is 83.5 Å². The van der Waals surface area contributed by atoms with Crippen molar-refractivity contribution in [2.75, 3.05) is 13.2 Å². The van der Waals surface area contributed by atoms with Gasteiger partial charge in [0, 0.05) is 12.8 Å². The number of esters is 1. The number of hydrogen-bond acceptors (Lipinski definition) is 5. The largest absolute Gasteiger partial charge is 0.466 e. The van der Waals surface area contributed by atoms with Crippen molar-refractivity contribution in [1.82, 2.24) is 5.32 Å². The van der Waals surface area contributed by atoms with Gasteiger partial charge in [-0.15, -0.1) is 0 Å². The summed E-state index contributed by atoms with van der Waals surface area (Å²) >= 11 is 0. The molecule has 6 nitrogen and oxygen atoms in total. The van der Waals surface area contributed by atoms with Crippen LogP contribution in [0.15, 0.2) is 36.5 Å². The van der Waals surface area contributed by atoms with Crippen molar-refractivity contribution < 1.29 is 24.5 Å². The lowest BCUT2D eigenvalue weighted by Gasteiger charge is -2.20. The standard InChI is InChI=1S/C80H153NO5/c1-3-5-7-9-11-13-15-17-19-21-37-41-44-48-52-56-60-64-68-72-78(83)77(76-82)81-79(84)73-69-65-61-57-53-49-45-42-38-35-33-31-29-27-25-23-22-24-26-28-30-32-34-36-39-43-47-51-55-59-63-67-71-75-86-80(85)74-70-66-62-58-54-50-46-40-20-18-16-14-12-10-8-6-4-2/h18,20,26,28,68,72,77-78,82-83H,3-17,19,21-25,27,29-67,69-71,73-76H2,1-2H3,(H,81,84)/b20-18-,28-26-,72-68+. The lowest BCUT2D eigenvalue weighted by atomic mass is 10.0. The second-order valence-corrected chi connectivity index (χ2v) is 27.0. The Balaban J connectivity index is 3.36. The van der Waals surface area contributed by atoms with Gasteiger partial charge in [0.2, 0.25) is 5.91 Å². The highest BCUT2D eigenvalue weighted by atomic mass is 16.5. The van der Waals surface area contributed by atoms with Crippen LogP contribution >= 0.6 is 0 Å². The molecule has 0 aliphatic heterocycles. The second kappa shape index (κ2) is 75.5. The van der Waals surface area contributed by atoms with Crippen LogP contribution in [0.1, 0.15) is 438 Å². The fraction of sp³-hybridized carbons (Fsp3) is 0.900. The fourth-order valence-electron chi connectivity index (χ4n) is 12.4. The highest BCUT2D eigenvalue weighted by Crippen LogP contribution is 2.19. The maximum absolute atomic E-state index is 12.5. The number of nitrogens with one attached hydrogen (secondary N) is 1. The third-order valence-electron chi connectivity index (χ3n) is 18.4. The summed E-state index contributed by atoms with van der Waals surface area (Å²) in [6.45, 7) is 4.94. The SMILES string of the molecule is CCCCCCCC/C=C\CCCCCCCCCC(=O)OCCCCCCCCCCCCCC/C=C\CCCCCCCCCCCCCCCCCCCC(=O)NC(CO)C(O)/C=C/CCCCCCCCCCCCCCCCCCC. The first-order valence-corrected chi connectivity index (χ1v) is 39.3. The van der Waals surface area contributed by atoms with Crippen molar-refractivity contribution in [3.05, 3.63) is 36.5 Å². The number of unbranched alkanes of at least 4 members (excludes halogenated alkanes) is 59. The number of rotatable bonds is 74. The van der Waals surface area contributed by atoms with Crippen molar-refractivity contribution in [1.29, 1.82) is 0 Å². The second-order valence-electron chi connectivity index (χ2n) is 27.0. The normalized spacial score (nSPS) is 12.7. The first kappa shape index (κ1) is 84.1. The van der Waals surface area contributed by atoms with Gasteiger partial charge in [0.25, 0.3) is 0 Å². The molecule has 508 valence electrons. The summed E-state index contributed by atoms with van der Waals surface area (Å²) in [7, 11) is 0. The molecule has 6 heteroatoms. The maximum Gasteiger partial charge on any atom is 0.305 e. The molecule has 0 aliphatic carbocycles. The molecule has 0 bridgehead atoms. The first-order chi connectivity index (χ1) is 42.5. The minimum absolute atomic E-state index is 0.0158. The molecular weight excluding hydrogens is 1050 g/mol. The molecule has 0 radical (unpaired) electrons. The summed E-state index contributed by atoms with van der Waals surface area (Å²) in [4.78, 5) is 24.6. The molecule has 2 unspecified atom stereocenters. The third kappa shape index (κ3) is 71.2. The van der Waals surface area contributed by atoms with Gasteiger partial charge in [-0.25, -0.2) is 0 Å². The number of aliphatic hydroxyl groups excluding tert-OH is 2. The van der Waals surface area contributed by atoms with Crippen molar-refractivity contribution in [3.63, 3.8) is 0 Å². The van der Waals surface area contributed by atoms with Crippen LogP contribution in [0.2, 0.25) is 0 Å². The van der Waals surface area contributed by atoms with Crippen LogP contribution in [0.4, 0.5) is 0 Å². The number of carbonyl (C=O) groups is 2. The van der Waals surface area contributed by atoms with Gasteiger partial charge in [-0.2, -0.15) is 0 Å². The van der Waals surface area contributed by atoms with Crippen LogP contribution in [0.3, 0.4) is 0 Å². The Bertz CT molecular complexity index is 1390. The fourth-order valence-corrected chi connectivity index (χ4v) is 12.4. The number of allylic oxidation sites excluding steroid dienone is 5. The molecule has 0 spiro atoms. The highest BCUT2D eigenvalue weighted by Gasteiger charge is 2.18. The molecule has 2 atom stereocenters. The molecule has 3 N–H and O–H groups in total. The van der Waals surface area contributed by atoms with Crippen LogP contribution in [-0.2, 0) is 14.3 Å². The molecule has 86 heavy (non-hydrogen) atoms. The molecule has 0 saturated heterocycles. The van der Waals surface area contributed by atoms with E-state index in [4.69, 9.17) is 4.74 Å². The topological polar surface area (TPSA) is 95.9 Å². The predicted molar refractivity (Wildman–Crippen MR) is 379 cm³/mol. The van der Waals surface area contributed by atoms with Gasteiger partial charge >= 0.3 is 5.97 Å². The Hall–Kier alpha value is -1.92. The zero-order chi connectivity index (χ0) is 62.0. The molecule has 0 aliphatic rings. The molecule has 0 aromatic carbocycles. The zero-order valence-electron chi connectivity index (χ0n) is 58.3. The summed E-state index contributed by atoms with van der Waals surface area (Å²) in [6.07, 6.45) is 98.3. The van der Waals surface area contributed by atoms with Crippen LogP contribution in [-0.4, -0.2) is 47.4 Å². The van der Waals surface area contributed by atoms with E-state index in [0.717, 1.165) is 44.9 Å². The van der Waals surface area contributed by atoms with Crippen molar-refractivity contribution in [3.8, 4) is 0 Å². The van der Waals surface area contributed by atoms with E-state index in [2.05, 4.69) is 43.5 Å². The summed E-state index contributed by atoms with van der Waals surface area (Å²) in [5, 5.41) is 23.3. The summed E-state index contributed by atoms with van der Waals surface area (Å²) in [5.74, 6) is -0.0451. The van der Waals surface area contributed by atoms with Crippen LogP contribution in [0, 0.1) is 0 Å². The molecule has 0 fully saturated rings. The van der Waals surface area contributed by atoms with E-state index < -0.39 is 12.1 Å². The van der Waals surface area contributed by atoms with E-state index in [1.165, 1.54) is 366 Å². The summed E-state index contributed by atoms with van der Waals surface area (Å²) < 4.78 is 5.51. The minimum atomic E-state index is -0.843. The smallest absolute Gasteiger partial charge is 0.305 e. The third-order valence-corrected chi connectivity index (χ3v) is 18.4. The molecular formula is C80H153NO5. The number of amides is 1. The van der Waals surface area contributed by atoms with Gasteiger partial charge < -0.3 is 20.3 Å². The highest BCUT2D eigenvalue weighted by molar-refractivity contribution is 5.76. The van der Waals surface area contributed by atoms with Crippen molar-refractivity contribution >= 4 is 11.9 Å². The first-order valence-electron chi connectivity index (χ1n) is 39.3. The van der Waals surface area contributed by atoms with E-state index >= 15 is 0 Å². The monoisotopic (exact) mass is 1210 g/mol. The number of ether oxygens (including phenoxy) is 1. The van der Waals surface area contributed by atoms with Crippen LogP contribution in [0.25, 0.3) is 0 Å². The number of carbonyl (C=O) groups excluding carboxylic acids is 2. The van der Waals surface area contributed by atoms with Crippen LogP contribution < -0.4 is 5.32 Å². The van der Waals surface area contributed by atoms with E-state index in [9.17, 15) is 19.8 Å². The van der Waals surface area contributed by atoms with E-state index in [0.29, 0.717) is 19.4 Å². The number of hydrogen-bond donors (Lipinski definition) is 3. The Kier molecular flexibility index (Phi) is 73.9. The van der Waals surface area contributed by atoms with E-state index in [-0.39, 0.29) is 18.5 Å². The van der Waals surface area contributed by atoms with E-state index in [1.807, 2.05) is 6.08 Å². The van der Waals surface area contributed by atoms with Crippen molar-refractivity contribution in [2.24, 2.45) is 0 Å². The number of aliphatic hydroxyl groups is 2. The molecule has 0 heterocycles. The molecule has 0 aromatic heterocycles. The van der Waals surface area contributed by atoms with Gasteiger partial charge in [0.15, 0.2) is 0 Å². The maximum atomic E-state index is 12.5. The Morgan fingerprint density at radius 3 is 0.826 bits per heavy atom. The predicted octanol–water partition coefficient (Wildman–Crippen LogP) is 25.8. The van der Waals surface area contributed by atoms with Crippen LogP contribution in [0.5, 0.6) is 0 Å². The minimum Gasteiger partial charge on any atom is -0.466 e. The molecule has 0 rings (SSSR count). The van der Waals surface area contributed by atoms with Gasteiger partial charge in [0.1, 0.15) is 0 Å². The van der Waals surface area contributed by atoms with Crippen molar-refractivity contribution in [2.45, 2.75) is 450 Å². The average molecular weight is 1210 g/mol. The Morgan fingerprint density at radius 2 is 0.547 bits per heavy atom. The summed E-state index contributed by atoms with van der Waals surface area (Å²) in [5.41, 5.74) is 0. The summed E-state index contributed by atoms with van der Waals surface area (Å²) in [6, 6.07) is -0.626. The van der Waals surface area contributed by atoms with Gasteiger partial charge in [-0.1, -0.05) is 378 Å². The Morgan fingerprint density at radius 1 is 0.314 bits per heavy atom. The Labute approximate surface area is 538 Å².